The molecule has 8 rings (SSSR count). The molecule has 1 saturated heterocycles. The van der Waals surface area contributed by atoms with E-state index >= 15 is 0 Å². The first-order valence-electron chi connectivity index (χ1n) is 21.5. The number of para-hydroxylation sites is 1. The zero-order valence-corrected chi connectivity index (χ0v) is 36.9. The average Bonchev–Trinajstić information content (AvgIpc) is 3.74. The topological polar surface area (TPSA) is 80.2 Å². The highest BCUT2D eigenvalue weighted by Gasteiger charge is 2.38. The van der Waals surface area contributed by atoms with Gasteiger partial charge in [0.25, 0.3) is 0 Å². The van der Waals surface area contributed by atoms with E-state index in [1.54, 1.807) is 55.1 Å². The van der Waals surface area contributed by atoms with Crippen molar-refractivity contribution in [3.8, 4) is 23.7 Å². The highest BCUT2D eigenvalue weighted by molar-refractivity contribution is 6.02. The Morgan fingerprint density at radius 2 is 1.39 bits per heavy atom. The molecular weight excluding hydrogens is 839 g/mol. The average molecular weight is 884 g/mol. The van der Waals surface area contributed by atoms with Crippen LogP contribution in [0.3, 0.4) is 0 Å². The van der Waals surface area contributed by atoms with Crippen molar-refractivity contribution in [2.75, 3.05) is 11.4 Å². The van der Waals surface area contributed by atoms with E-state index in [4.69, 9.17) is 0 Å². The number of fused-ring (bicyclic) bond motifs is 1. The molecule has 3 heterocycles. The molecule has 0 N–H and O–H groups in total. The van der Waals surface area contributed by atoms with Gasteiger partial charge in [-0.25, -0.2) is 4.39 Å². The van der Waals surface area contributed by atoms with Crippen molar-refractivity contribution in [2.24, 2.45) is 0 Å². The van der Waals surface area contributed by atoms with Crippen molar-refractivity contribution in [1.29, 1.82) is 0 Å². The molecule has 0 radical (unpaired) electrons. The minimum Gasteiger partial charge on any atom is -0.312 e. The molecule has 0 bridgehead atoms. The second kappa shape index (κ2) is 20.4. The first kappa shape index (κ1) is 46.3. The molecule has 330 valence electrons. The molecule has 7 aromatic rings. The number of carbonyl (C=O) groups is 3. The van der Waals surface area contributed by atoms with Gasteiger partial charge in [-0.15, -0.1) is 0 Å². The van der Waals surface area contributed by atoms with Crippen LogP contribution in [0.15, 0.2) is 134 Å². The van der Waals surface area contributed by atoms with Gasteiger partial charge in [0.15, 0.2) is 11.6 Å². The van der Waals surface area contributed by atoms with E-state index in [1.165, 1.54) is 29.8 Å². The summed E-state index contributed by atoms with van der Waals surface area (Å²) >= 11 is 0. The van der Waals surface area contributed by atoms with Crippen molar-refractivity contribution < 1.29 is 31.9 Å². The predicted molar refractivity (Wildman–Crippen MR) is 250 cm³/mol. The summed E-state index contributed by atoms with van der Waals surface area (Å²) in [7, 11) is 0. The molecule has 0 saturated carbocycles. The maximum Gasteiger partial charge on any atom is 0.418 e. The summed E-state index contributed by atoms with van der Waals surface area (Å²) in [5, 5.41) is 1.94. The zero-order chi connectivity index (χ0) is 47.0. The third kappa shape index (κ3) is 11.0. The van der Waals surface area contributed by atoms with Crippen LogP contribution in [-0.2, 0) is 23.8 Å². The number of ketones is 2. The minimum atomic E-state index is -4.64. The summed E-state index contributed by atoms with van der Waals surface area (Å²) in [6.07, 6.45) is 2.77. The van der Waals surface area contributed by atoms with Crippen molar-refractivity contribution in [3.63, 3.8) is 0 Å². The molecule has 1 aliphatic rings. The number of alkyl halides is 3. The van der Waals surface area contributed by atoms with Gasteiger partial charge in [-0.1, -0.05) is 104 Å². The van der Waals surface area contributed by atoms with E-state index in [1.807, 2.05) is 49.4 Å². The molecule has 5 aromatic carbocycles. The summed E-state index contributed by atoms with van der Waals surface area (Å²) in [6.45, 7) is 8.41. The predicted octanol–water partition coefficient (Wildman–Crippen LogP) is 12.0. The largest absolute Gasteiger partial charge is 0.418 e. The molecular formula is C56H45F4N3O3. The lowest BCUT2D eigenvalue weighted by Gasteiger charge is -2.24. The van der Waals surface area contributed by atoms with Crippen LogP contribution in [0.4, 0.5) is 23.2 Å². The van der Waals surface area contributed by atoms with Crippen LogP contribution in [0.1, 0.15) is 109 Å². The monoisotopic (exact) mass is 883 g/mol. The van der Waals surface area contributed by atoms with Gasteiger partial charge in [-0.2, -0.15) is 13.2 Å². The fraction of sp³-hybridized carbons (Fsp3) is 0.196. The fourth-order valence-electron chi connectivity index (χ4n) is 7.89. The van der Waals surface area contributed by atoms with Crippen LogP contribution >= 0.6 is 0 Å². The molecule has 2 aromatic heterocycles. The number of hydrogen-bond acceptors (Lipinski definition) is 5. The number of Topliss-reactive ketones (excluding diaryl/α,β-unsaturated/α-hetero) is 2. The number of anilines is 1. The number of benzene rings is 5. The first-order chi connectivity index (χ1) is 31.7. The number of nitrogens with zero attached hydrogens (tertiary/aromatic N) is 3. The molecule has 1 amide bonds. The second-order valence-electron chi connectivity index (χ2n) is 16.3. The second-order valence-corrected chi connectivity index (χ2v) is 16.3. The van der Waals surface area contributed by atoms with Crippen LogP contribution in [0.5, 0.6) is 0 Å². The number of carbonyl (C=O) groups excluding carboxylic acids is 3. The van der Waals surface area contributed by atoms with Crippen LogP contribution in [0, 0.1) is 43.3 Å². The minimum absolute atomic E-state index is 0.0520. The highest BCUT2D eigenvalue weighted by Crippen LogP contribution is 2.40. The summed E-state index contributed by atoms with van der Waals surface area (Å²) in [4.78, 5) is 47.8. The number of rotatable bonds is 8. The summed E-state index contributed by atoms with van der Waals surface area (Å²) in [5.41, 5.74) is 6.42. The summed E-state index contributed by atoms with van der Waals surface area (Å²) in [5.74, 6) is 11.1. The van der Waals surface area contributed by atoms with E-state index in [2.05, 4.69) is 60.5 Å². The zero-order valence-electron chi connectivity index (χ0n) is 36.9. The highest BCUT2D eigenvalue weighted by atomic mass is 19.4. The smallest absolute Gasteiger partial charge is 0.312 e. The van der Waals surface area contributed by atoms with E-state index in [0.717, 1.165) is 49.6 Å². The number of amides is 1. The Labute approximate surface area is 381 Å². The molecule has 10 heteroatoms. The van der Waals surface area contributed by atoms with Crippen molar-refractivity contribution in [1.82, 2.24) is 9.97 Å². The van der Waals surface area contributed by atoms with E-state index in [0.29, 0.717) is 29.0 Å². The SMILES string of the molecule is Cc1c(CC(=O)c2ccc(F)c(C#Cc3cncc4ccccc34)c2)cccc1C(C)C.Cc1ccc(C(=O)Cc2cccc(C(F)(F)F)c2N2CCCC2=O)cc1C#Cc1cccnc1. The third-order valence-corrected chi connectivity index (χ3v) is 11.4. The Bertz CT molecular complexity index is 3090. The van der Waals surface area contributed by atoms with Gasteiger partial charge in [0, 0.05) is 83.6 Å². The number of aryl methyl sites for hydroxylation is 1. The summed E-state index contributed by atoms with van der Waals surface area (Å²) in [6, 6.07) is 30.6. The van der Waals surface area contributed by atoms with Crippen LogP contribution in [0.25, 0.3) is 10.8 Å². The lowest BCUT2D eigenvalue weighted by atomic mass is 9.91. The number of hydrogen-bond donors (Lipinski definition) is 0. The number of aromatic nitrogens is 2. The van der Waals surface area contributed by atoms with Crippen LogP contribution in [0.2, 0.25) is 0 Å². The molecule has 0 spiro atoms. The van der Waals surface area contributed by atoms with Gasteiger partial charge in [0.1, 0.15) is 5.82 Å². The number of pyridine rings is 2. The van der Waals surface area contributed by atoms with Crippen molar-refractivity contribution in [3.05, 3.63) is 207 Å². The molecule has 6 nitrogen and oxygen atoms in total. The summed E-state index contributed by atoms with van der Waals surface area (Å²) < 4.78 is 55.7. The maximum atomic E-state index is 14.5. The normalized spacial score (nSPS) is 12.2. The molecule has 0 atom stereocenters. The van der Waals surface area contributed by atoms with Gasteiger partial charge in [-0.05, 0) is 96.5 Å². The standard InChI is InChI=1S/C29H24FNO.C27H21F3N2O2/c1-19(2)26-10-6-8-21(20(26)3)16-29(32)23-13-14-28(30)22(15-23)11-12-25-18-31-17-24-7-4-5-9-27(24)25;1-18-9-11-21(15-20(18)12-10-19-5-3-13-31-17-19)24(33)16-22-6-2-7-23(27(28,29)30)26(22)32-14-4-8-25(32)34/h4-10,13-15,17-19H,16H2,1-3H3;2-3,5-7,9,11,13,15,17H,4,8,14,16H2,1H3. The molecule has 66 heavy (non-hydrogen) atoms. The van der Waals surface area contributed by atoms with Gasteiger partial charge >= 0.3 is 6.18 Å². The number of halogens is 4. The van der Waals surface area contributed by atoms with E-state index in [-0.39, 0.29) is 60.1 Å². The van der Waals surface area contributed by atoms with E-state index in [9.17, 15) is 31.9 Å². The van der Waals surface area contributed by atoms with Crippen LogP contribution in [-0.4, -0.2) is 34.0 Å². The maximum absolute atomic E-state index is 14.5. The Kier molecular flexibility index (Phi) is 14.3. The first-order valence-corrected chi connectivity index (χ1v) is 21.5. The Morgan fingerprint density at radius 1 is 0.712 bits per heavy atom. The molecule has 0 unspecified atom stereocenters. The molecule has 0 aliphatic carbocycles. The van der Waals surface area contributed by atoms with Crippen LogP contribution < -0.4 is 4.90 Å². The van der Waals surface area contributed by atoms with Gasteiger partial charge in [0.2, 0.25) is 5.91 Å². The van der Waals surface area contributed by atoms with Gasteiger partial charge in [-0.3, -0.25) is 24.4 Å². The van der Waals surface area contributed by atoms with Crippen molar-refractivity contribution >= 4 is 33.9 Å². The lowest BCUT2D eigenvalue weighted by Crippen LogP contribution is -2.28. The van der Waals surface area contributed by atoms with Gasteiger partial charge < -0.3 is 4.90 Å². The third-order valence-electron chi connectivity index (χ3n) is 11.4. The molecule has 1 aliphatic heterocycles. The quantitative estimate of drug-likeness (QED) is 0.0863. The Hall–Kier alpha value is -7.69. The molecule has 1 fully saturated rings. The van der Waals surface area contributed by atoms with Crippen molar-refractivity contribution in [2.45, 2.75) is 65.5 Å². The Balaban J connectivity index is 0.000000197. The lowest BCUT2D eigenvalue weighted by molar-refractivity contribution is -0.137. The fourth-order valence-corrected chi connectivity index (χ4v) is 7.89. The van der Waals surface area contributed by atoms with Gasteiger partial charge in [0.05, 0.1) is 22.4 Å². The Morgan fingerprint density at radius 3 is 2.11 bits per heavy atom. The van der Waals surface area contributed by atoms with E-state index < -0.39 is 17.6 Å².